The first-order valence-corrected chi connectivity index (χ1v) is 8.18. The number of hydrogen-bond acceptors (Lipinski definition) is 3. The summed E-state index contributed by atoms with van der Waals surface area (Å²) in [5, 5.41) is 23.8. The van der Waals surface area contributed by atoms with Gasteiger partial charge >= 0.3 is 0 Å². The van der Waals surface area contributed by atoms with E-state index < -0.39 is 11.2 Å². The second kappa shape index (κ2) is 7.25. The van der Waals surface area contributed by atoms with Gasteiger partial charge < -0.3 is 15.5 Å². The summed E-state index contributed by atoms with van der Waals surface area (Å²) < 4.78 is 0. The molecule has 4 heteroatoms. The van der Waals surface area contributed by atoms with Crippen LogP contribution in [0, 0.1) is 0 Å². The van der Waals surface area contributed by atoms with Crippen molar-refractivity contribution in [2.24, 2.45) is 0 Å². The van der Waals surface area contributed by atoms with Gasteiger partial charge in [0.2, 0.25) is 5.91 Å². The van der Waals surface area contributed by atoms with Crippen LogP contribution in [0.25, 0.3) is 0 Å². The number of nitrogens with one attached hydrogen (secondary N) is 1. The molecular weight excluding hydrogens is 278 g/mol. The standard InChI is InChI=1S/C18H27NO3/c1-17(21,15-9-5-4-6-10-15)13-16(20)19-14-18(22)11-7-2-3-8-12-18/h4-6,9-10,21-22H,2-3,7-8,11-14H2,1H3,(H,19,20). The molecule has 0 radical (unpaired) electrons. The number of aliphatic hydroxyl groups is 2. The minimum absolute atomic E-state index is 0.00685. The molecule has 22 heavy (non-hydrogen) atoms. The lowest BCUT2D eigenvalue weighted by atomic mass is 9.91. The molecule has 1 aliphatic carbocycles. The Kier molecular flexibility index (Phi) is 5.59. The maximum Gasteiger partial charge on any atom is 0.223 e. The topological polar surface area (TPSA) is 69.6 Å². The van der Waals surface area contributed by atoms with Gasteiger partial charge in [0, 0.05) is 6.54 Å². The molecule has 0 spiro atoms. The van der Waals surface area contributed by atoms with Gasteiger partial charge in [0.1, 0.15) is 0 Å². The lowest BCUT2D eigenvalue weighted by Gasteiger charge is -2.28. The average molecular weight is 305 g/mol. The summed E-state index contributed by atoms with van der Waals surface area (Å²) in [6, 6.07) is 9.19. The highest BCUT2D eigenvalue weighted by atomic mass is 16.3. The van der Waals surface area contributed by atoms with Gasteiger partial charge in [-0.3, -0.25) is 4.79 Å². The molecule has 1 fully saturated rings. The molecule has 1 saturated carbocycles. The van der Waals surface area contributed by atoms with E-state index in [-0.39, 0.29) is 18.9 Å². The fourth-order valence-electron chi connectivity index (χ4n) is 3.10. The van der Waals surface area contributed by atoms with Gasteiger partial charge in [0.05, 0.1) is 17.6 Å². The van der Waals surface area contributed by atoms with E-state index in [0.29, 0.717) is 0 Å². The fourth-order valence-corrected chi connectivity index (χ4v) is 3.10. The zero-order valence-electron chi connectivity index (χ0n) is 13.3. The number of rotatable bonds is 5. The summed E-state index contributed by atoms with van der Waals surface area (Å²) >= 11 is 0. The highest BCUT2D eigenvalue weighted by Crippen LogP contribution is 2.27. The van der Waals surface area contributed by atoms with Crippen LogP contribution in [0.5, 0.6) is 0 Å². The van der Waals surface area contributed by atoms with Crippen molar-refractivity contribution in [2.45, 2.75) is 63.1 Å². The van der Waals surface area contributed by atoms with Crippen LogP contribution in [0.1, 0.15) is 57.4 Å². The molecule has 0 bridgehead atoms. The molecule has 0 heterocycles. The number of amides is 1. The average Bonchev–Trinajstić information content (AvgIpc) is 2.71. The van der Waals surface area contributed by atoms with Gasteiger partial charge in [-0.15, -0.1) is 0 Å². The van der Waals surface area contributed by atoms with Gasteiger partial charge in [0.25, 0.3) is 0 Å². The summed E-state index contributed by atoms with van der Waals surface area (Å²) in [6.07, 6.45) is 5.79. The summed E-state index contributed by atoms with van der Waals surface area (Å²) in [5.41, 5.74) is -1.26. The first-order chi connectivity index (χ1) is 10.4. The van der Waals surface area contributed by atoms with E-state index in [1.807, 2.05) is 30.3 Å². The van der Waals surface area contributed by atoms with Gasteiger partial charge in [-0.1, -0.05) is 56.0 Å². The first-order valence-electron chi connectivity index (χ1n) is 8.18. The molecule has 0 saturated heterocycles. The van der Waals surface area contributed by atoms with Gasteiger partial charge in [-0.25, -0.2) is 0 Å². The van der Waals surface area contributed by atoms with Crippen LogP contribution in [0.4, 0.5) is 0 Å². The molecule has 4 nitrogen and oxygen atoms in total. The second-order valence-electron chi connectivity index (χ2n) is 6.73. The van der Waals surface area contributed by atoms with E-state index in [2.05, 4.69) is 5.32 Å². The van der Waals surface area contributed by atoms with Crippen LogP contribution in [0.15, 0.2) is 30.3 Å². The van der Waals surface area contributed by atoms with E-state index in [9.17, 15) is 15.0 Å². The van der Waals surface area contributed by atoms with Crippen LogP contribution in [-0.2, 0) is 10.4 Å². The summed E-state index contributed by atoms with van der Waals surface area (Å²) in [5.74, 6) is -0.230. The van der Waals surface area contributed by atoms with E-state index in [0.717, 1.165) is 44.1 Å². The fraction of sp³-hybridized carbons (Fsp3) is 0.611. The molecule has 1 unspecified atom stereocenters. The first kappa shape index (κ1) is 17.0. The summed E-state index contributed by atoms with van der Waals surface area (Å²) in [7, 11) is 0. The van der Waals surface area contributed by atoms with Gasteiger partial charge in [0.15, 0.2) is 0 Å². The predicted molar refractivity (Wildman–Crippen MR) is 86.3 cm³/mol. The lowest BCUT2D eigenvalue weighted by molar-refractivity contribution is -0.127. The molecule has 1 aromatic carbocycles. The Morgan fingerprint density at radius 3 is 2.36 bits per heavy atom. The minimum atomic E-state index is -1.20. The van der Waals surface area contributed by atoms with Gasteiger partial charge in [-0.05, 0) is 25.3 Å². The maximum atomic E-state index is 12.1. The lowest BCUT2D eigenvalue weighted by Crippen LogP contribution is -2.44. The summed E-state index contributed by atoms with van der Waals surface area (Å²) in [4.78, 5) is 12.1. The Morgan fingerprint density at radius 1 is 1.18 bits per heavy atom. The Labute approximate surface area is 132 Å². The highest BCUT2D eigenvalue weighted by molar-refractivity contribution is 5.77. The highest BCUT2D eigenvalue weighted by Gasteiger charge is 2.30. The molecule has 3 N–H and O–H groups in total. The number of benzene rings is 1. The van der Waals surface area contributed by atoms with Crippen molar-refractivity contribution in [3.05, 3.63) is 35.9 Å². The maximum absolute atomic E-state index is 12.1. The van der Waals surface area contributed by atoms with Crippen molar-refractivity contribution < 1.29 is 15.0 Å². The molecule has 2 rings (SSSR count). The van der Waals surface area contributed by atoms with Crippen molar-refractivity contribution in [2.75, 3.05) is 6.54 Å². The molecular formula is C18H27NO3. The van der Waals surface area contributed by atoms with E-state index in [1.165, 1.54) is 0 Å². The van der Waals surface area contributed by atoms with Gasteiger partial charge in [-0.2, -0.15) is 0 Å². The third kappa shape index (κ3) is 4.82. The number of hydrogen-bond donors (Lipinski definition) is 3. The molecule has 122 valence electrons. The van der Waals surface area contributed by atoms with Crippen LogP contribution >= 0.6 is 0 Å². The largest absolute Gasteiger partial charge is 0.388 e. The molecule has 1 aliphatic rings. The van der Waals surface area contributed by atoms with Crippen LogP contribution in [-0.4, -0.2) is 28.3 Å². The normalized spacial score (nSPS) is 20.7. The Bertz CT molecular complexity index is 476. The molecule has 1 atom stereocenters. The van der Waals surface area contributed by atoms with Crippen LogP contribution < -0.4 is 5.32 Å². The van der Waals surface area contributed by atoms with E-state index in [1.54, 1.807) is 6.92 Å². The SMILES string of the molecule is CC(O)(CC(=O)NCC1(O)CCCCCC1)c1ccccc1. The monoisotopic (exact) mass is 305 g/mol. The van der Waals surface area contributed by atoms with Crippen molar-refractivity contribution >= 4 is 5.91 Å². The quantitative estimate of drug-likeness (QED) is 0.732. The Hall–Kier alpha value is -1.39. The Morgan fingerprint density at radius 2 is 1.77 bits per heavy atom. The van der Waals surface area contributed by atoms with Crippen LogP contribution in [0.2, 0.25) is 0 Å². The zero-order valence-corrected chi connectivity index (χ0v) is 13.3. The minimum Gasteiger partial charge on any atom is -0.388 e. The Balaban J connectivity index is 1.87. The molecule has 0 aromatic heterocycles. The van der Waals surface area contributed by atoms with Crippen molar-refractivity contribution in [3.63, 3.8) is 0 Å². The smallest absolute Gasteiger partial charge is 0.223 e. The van der Waals surface area contributed by atoms with Crippen molar-refractivity contribution in [1.82, 2.24) is 5.32 Å². The predicted octanol–water partition coefficient (Wildman–Crippen LogP) is 2.49. The van der Waals surface area contributed by atoms with Crippen molar-refractivity contribution in [1.29, 1.82) is 0 Å². The summed E-state index contributed by atoms with van der Waals surface area (Å²) in [6.45, 7) is 1.92. The second-order valence-corrected chi connectivity index (χ2v) is 6.73. The zero-order chi connectivity index (χ0) is 16.1. The molecule has 1 amide bonds. The molecule has 1 aromatic rings. The third-order valence-electron chi connectivity index (χ3n) is 4.55. The third-order valence-corrected chi connectivity index (χ3v) is 4.55. The van der Waals surface area contributed by atoms with E-state index >= 15 is 0 Å². The van der Waals surface area contributed by atoms with Crippen molar-refractivity contribution in [3.8, 4) is 0 Å². The van der Waals surface area contributed by atoms with E-state index in [4.69, 9.17) is 0 Å². The number of carbonyl (C=O) groups is 1. The number of carbonyl (C=O) groups excluding carboxylic acids is 1. The van der Waals surface area contributed by atoms with Crippen LogP contribution in [0.3, 0.4) is 0 Å². The molecule has 0 aliphatic heterocycles.